The molecule has 0 fully saturated rings. The van der Waals surface area contributed by atoms with E-state index in [1.807, 2.05) is 12.1 Å². The second-order valence-electron chi connectivity index (χ2n) is 4.31. The van der Waals surface area contributed by atoms with Gasteiger partial charge in [0.05, 0.1) is 10.7 Å². The van der Waals surface area contributed by atoms with Crippen molar-refractivity contribution in [3.63, 3.8) is 0 Å². The van der Waals surface area contributed by atoms with E-state index in [4.69, 9.17) is 18.0 Å². The highest BCUT2D eigenvalue weighted by molar-refractivity contribution is 8.01. The Morgan fingerprint density at radius 3 is 2.58 bits per heavy atom. The molecule has 104 valence electrons. The third-order valence-corrected chi connectivity index (χ3v) is 3.84. The molecule has 1 aromatic carbocycles. The van der Waals surface area contributed by atoms with E-state index in [9.17, 15) is 4.79 Å². The fourth-order valence-corrected chi connectivity index (χ4v) is 2.39. The Morgan fingerprint density at radius 2 is 2.00 bits per heavy atom. The summed E-state index contributed by atoms with van der Waals surface area (Å²) in [5.74, 6) is 0.885. The molecule has 0 heterocycles. The molecule has 0 aromatic heterocycles. The van der Waals surface area contributed by atoms with Crippen LogP contribution in [0.1, 0.15) is 25.3 Å². The van der Waals surface area contributed by atoms with Crippen LogP contribution < -0.4 is 11.1 Å². The SMILES string of the molecule is CCCCc1ccc(NC(=O)CSCC(N)=S)cc1. The molecule has 0 unspecified atom stereocenters. The van der Waals surface area contributed by atoms with Crippen molar-refractivity contribution in [3.8, 4) is 0 Å². The van der Waals surface area contributed by atoms with Gasteiger partial charge < -0.3 is 11.1 Å². The van der Waals surface area contributed by atoms with Gasteiger partial charge in [-0.15, -0.1) is 11.8 Å². The van der Waals surface area contributed by atoms with Gasteiger partial charge >= 0.3 is 0 Å². The second kappa shape index (κ2) is 8.93. The lowest BCUT2D eigenvalue weighted by atomic mass is 10.1. The fraction of sp³-hybridized carbons (Fsp3) is 0.429. The van der Waals surface area contributed by atoms with Crippen LogP contribution in [-0.4, -0.2) is 22.4 Å². The van der Waals surface area contributed by atoms with E-state index in [0.29, 0.717) is 16.5 Å². The van der Waals surface area contributed by atoms with Crippen LogP contribution in [0.3, 0.4) is 0 Å². The van der Waals surface area contributed by atoms with Gasteiger partial charge in [-0.25, -0.2) is 0 Å². The summed E-state index contributed by atoms with van der Waals surface area (Å²) in [6.07, 6.45) is 3.48. The number of rotatable bonds is 8. The van der Waals surface area contributed by atoms with Gasteiger partial charge in [0.1, 0.15) is 0 Å². The predicted molar refractivity (Wildman–Crippen MR) is 87.8 cm³/mol. The van der Waals surface area contributed by atoms with E-state index in [1.165, 1.54) is 30.2 Å². The van der Waals surface area contributed by atoms with Crippen molar-refractivity contribution >= 4 is 40.6 Å². The van der Waals surface area contributed by atoms with Crippen molar-refractivity contribution in [2.45, 2.75) is 26.2 Å². The van der Waals surface area contributed by atoms with Gasteiger partial charge in [0.15, 0.2) is 0 Å². The number of aryl methyl sites for hydroxylation is 1. The molecule has 0 aliphatic carbocycles. The molecule has 3 N–H and O–H groups in total. The van der Waals surface area contributed by atoms with Crippen LogP contribution >= 0.6 is 24.0 Å². The third-order valence-electron chi connectivity index (χ3n) is 2.53. The summed E-state index contributed by atoms with van der Waals surface area (Å²) >= 11 is 6.18. The predicted octanol–water partition coefficient (Wildman–Crippen LogP) is 2.99. The quantitative estimate of drug-likeness (QED) is 0.724. The van der Waals surface area contributed by atoms with E-state index < -0.39 is 0 Å². The first-order valence-electron chi connectivity index (χ1n) is 6.36. The Hall–Kier alpha value is -1.07. The molecule has 1 aromatic rings. The molecule has 5 heteroatoms. The Balaban J connectivity index is 2.35. The molecule has 0 aliphatic heterocycles. The Labute approximate surface area is 124 Å². The number of anilines is 1. The molecule has 19 heavy (non-hydrogen) atoms. The molecule has 0 saturated heterocycles. The molecular formula is C14H20N2OS2. The average Bonchev–Trinajstić information content (AvgIpc) is 2.37. The van der Waals surface area contributed by atoms with Crippen molar-refractivity contribution in [2.24, 2.45) is 5.73 Å². The second-order valence-corrected chi connectivity index (χ2v) is 5.82. The van der Waals surface area contributed by atoms with Crippen LogP contribution in [0.15, 0.2) is 24.3 Å². The molecule has 0 saturated carbocycles. The smallest absolute Gasteiger partial charge is 0.234 e. The van der Waals surface area contributed by atoms with Gasteiger partial charge in [0, 0.05) is 11.4 Å². The minimum absolute atomic E-state index is 0.0254. The van der Waals surface area contributed by atoms with Crippen molar-refractivity contribution in [1.29, 1.82) is 0 Å². The molecule has 1 rings (SSSR count). The van der Waals surface area contributed by atoms with Gasteiger partial charge in [-0.3, -0.25) is 4.79 Å². The van der Waals surface area contributed by atoms with Crippen LogP contribution in [0.25, 0.3) is 0 Å². The highest BCUT2D eigenvalue weighted by Crippen LogP contribution is 2.12. The van der Waals surface area contributed by atoms with Crippen LogP contribution in [0.4, 0.5) is 5.69 Å². The number of hydrogen-bond acceptors (Lipinski definition) is 3. The molecule has 0 radical (unpaired) electrons. The molecule has 0 atom stereocenters. The summed E-state index contributed by atoms with van der Waals surface area (Å²) in [6.45, 7) is 2.18. The highest BCUT2D eigenvalue weighted by Gasteiger charge is 2.03. The standard InChI is InChI=1S/C14H20N2OS2/c1-2-3-4-11-5-7-12(8-6-11)16-14(17)10-19-9-13(15)18/h5-8H,2-4,9-10H2,1H3,(H2,15,18)(H,16,17). The number of thioether (sulfide) groups is 1. The maximum Gasteiger partial charge on any atom is 0.234 e. The average molecular weight is 296 g/mol. The summed E-state index contributed by atoms with van der Waals surface area (Å²) < 4.78 is 0. The van der Waals surface area contributed by atoms with E-state index in [1.54, 1.807) is 0 Å². The van der Waals surface area contributed by atoms with Crippen molar-refractivity contribution in [3.05, 3.63) is 29.8 Å². The lowest BCUT2D eigenvalue weighted by Crippen LogP contribution is -2.17. The molecule has 0 aliphatic rings. The van der Waals surface area contributed by atoms with Gasteiger partial charge in [-0.2, -0.15) is 0 Å². The zero-order valence-electron chi connectivity index (χ0n) is 11.1. The topological polar surface area (TPSA) is 55.1 Å². The van der Waals surface area contributed by atoms with Crippen molar-refractivity contribution in [2.75, 3.05) is 16.8 Å². The Bertz CT molecular complexity index is 418. The van der Waals surface area contributed by atoms with Gasteiger partial charge in [-0.05, 0) is 30.5 Å². The van der Waals surface area contributed by atoms with Gasteiger partial charge in [0.2, 0.25) is 5.91 Å². The zero-order valence-corrected chi connectivity index (χ0v) is 12.8. The van der Waals surface area contributed by atoms with Crippen molar-refractivity contribution < 1.29 is 4.79 Å². The normalized spacial score (nSPS) is 10.2. The highest BCUT2D eigenvalue weighted by atomic mass is 32.2. The number of carbonyl (C=O) groups is 1. The summed E-state index contributed by atoms with van der Waals surface area (Å²) in [5.41, 5.74) is 7.51. The molecule has 1 amide bonds. The first-order valence-corrected chi connectivity index (χ1v) is 7.93. The first kappa shape index (κ1) is 16.0. The minimum Gasteiger partial charge on any atom is -0.393 e. The molecular weight excluding hydrogens is 276 g/mol. The number of amides is 1. The number of hydrogen-bond donors (Lipinski definition) is 2. The van der Waals surface area contributed by atoms with Crippen LogP contribution in [0.5, 0.6) is 0 Å². The zero-order chi connectivity index (χ0) is 14.1. The number of benzene rings is 1. The van der Waals surface area contributed by atoms with Crippen molar-refractivity contribution in [1.82, 2.24) is 0 Å². The summed E-state index contributed by atoms with van der Waals surface area (Å²) in [7, 11) is 0. The van der Waals surface area contributed by atoms with E-state index in [-0.39, 0.29) is 5.91 Å². The maximum atomic E-state index is 11.6. The molecule has 0 bridgehead atoms. The van der Waals surface area contributed by atoms with Crippen LogP contribution in [0.2, 0.25) is 0 Å². The van der Waals surface area contributed by atoms with Crippen LogP contribution in [-0.2, 0) is 11.2 Å². The first-order chi connectivity index (χ1) is 9.11. The van der Waals surface area contributed by atoms with E-state index in [2.05, 4.69) is 24.4 Å². The number of nitrogens with two attached hydrogens (primary N) is 1. The summed E-state index contributed by atoms with van der Waals surface area (Å²) in [6, 6.07) is 8.02. The third kappa shape index (κ3) is 7.18. The van der Waals surface area contributed by atoms with Crippen LogP contribution in [0, 0.1) is 0 Å². The number of nitrogens with one attached hydrogen (secondary N) is 1. The Kier molecular flexibility index (Phi) is 7.52. The number of carbonyl (C=O) groups excluding carboxylic acids is 1. The van der Waals surface area contributed by atoms with Gasteiger partial charge in [0.25, 0.3) is 0 Å². The number of thiocarbonyl (C=S) groups is 1. The molecule has 3 nitrogen and oxygen atoms in total. The monoisotopic (exact) mass is 296 g/mol. The minimum atomic E-state index is -0.0254. The number of unbranched alkanes of at least 4 members (excludes halogenated alkanes) is 1. The lowest BCUT2D eigenvalue weighted by molar-refractivity contribution is -0.113. The summed E-state index contributed by atoms with van der Waals surface area (Å²) in [5, 5.41) is 2.86. The summed E-state index contributed by atoms with van der Waals surface area (Å²) in [4.78, 5) is 12.1. The maximum absolute atomic E-state index is 11.6. The lowest BCUT2D eigenvalue weighted by Gasteiger charge is -2.06. The Morgan fingerprint density at radius 1 is 1.32 bits per heavy atom. The van der Waals surface area contributed by atoms with Gasteiger partial charge in [-0.1, -0.05) is 37.7 Å². The fourth-order valence-electron chi connectivity index (χ4n) is 1.58. The molecule has 0 spiro atoms. The van der Waals surface area contributed by atoms with E-state index >= 15 is 0 Å². The largest absolute Gasteiger partial charge is 0.393 e. The van der Waals surface area contributed by atoms with E-state index in [0.717, 1.165) is 12.1 Å².